The van der Waals surface area contributed by atoms with E-state index in [0.717, 1.165) is 0 Å². The summed E-state index contributed by atoms with van der Waals surface area (Å²) in [6.45, 7) is 0. The summed E-state index contributed by atoms with van der Waals surface area (Å²) in [5.41, 5.74) is 9.30. The highest BCUT2D eigenvalue weighted by Gasteiger charge is 2.37. The molecule has 2 aliphatic rings. The van der Waals surface area contributed by atoms with Crippen LogP contribution in [0.5, 0.6) is 0 Å². The zero-order chi connectivity index (χ0) is 11.0. The molecular weight excluding hydrogens is 239 g/mol. The molecule has 0 aromatic heterocycles. The molecule has 15 heavy (non-hydrogen) atoms. The molecule has 1 heterocycles. The lowest BCUT2D eigenvalue weighted by Crippen LogP contribution is -2.28. The first-order valence-corrected chi connectivity index (χ1v) is 4.83. The number of allylic oxidation sites excluding steroid dienone is 4. The molecule has 1 aliphatic carbocycles. The third-order valence-corrected chi connectivity index (χ3v) is 2.91. The lowest BCUT2D eigenvalue weighted by Gasteiger charge is -2.20. The molecule has 76 valence electrons. The maximum atomic E-state index is 11.2. The minimum atomic E-state index is -1.05. The summed E-state index contributed by atoms with van der Waals surface area (Å²) in [7, 11) is 0. The molecule has 0 spiro atoms. The molecule has 0 saturated heterocycles. The van der Waals surface area contributed by atoms with Crippen molar-refractivity contribution in [1.29, 1.82) is 0 Å². The van der Waals surface area contributed by atoms with Crippen LogP contribution in [0.3, 0.4) is 0 Å². The van der Waals surface area contributed by atoms with Crippen molar-refractivity contribution in [3.05, 3.63) is 40.1 Å². The Kier molecular flexibility index (Phi) is 2.49. The van der Waals surface area contributed by atoms with Gasteiger partial charge in [0.05, 0.1) is 5.03 Å². The van der Waals surface area contributed by atoms with Crippen LogP contribution in [0.15, 0.2) is 34.6 Å². The van der Waals surface area contributed by atoms with Gasteiger partial charge in [0.1, 0.15) is 11.3 Å². The maximum absolute atomic E-state index is 11.2. The van der Waals surface area contributed by atoms with Crippen molar-refractivity contribution in [2.45, 2.75) is 5.38 Å². The highest BCUT2D eigenvalue weighted by molar-refractivity contribution is 6.45. The first-order valence-electron chi connectivity index (χ1n) is 4.01. The molecule has 2 rings (SSSR count). The van der Waals surface area contributed by atoms with Crippen LogP contribution in [0, 0.1) is 0 Å². The van der Waals surface area contributed by atoms with Crippen LogP contribution in [0.1, 0.15) is 0 Å². The number of ether oxygens (including phenoxy) is 1. The number of carbonyl (C=O) groups is 1. The number of nitrogens with zero attached hydrogens (tertiary/aromatic N) is 2. The van der Waals surface area contributed by atoms with E-state index in [1.54, 1.807) is 12.2 Å². The summed E-state index contributed by atoms with van der Waals surface area (Å²) in [4.78, 5) is 14.3. The average molecular weight is 243 g/mol. The van der Waals surface area contributed by atoms with Crippen LogP contribution < -0.4 is 0 Å². The molecule has 0 saturated carbocycles. The van der Waals surface area contributed by atoms with E-state index in [1.165, 1.54) is 6.08 Å². The highest BCUT2D eigenvalue weighted by atomic mass is 35.5. The molecule has 0 fully saturated rings. The first kappa shape index (κ1) is 10.2. The Balaban J connectivity index is 2.65. The number of hydrogen-bond acceptors (Lipinski definition) is 2. The van der Waals surface area contributed by atoms with Gasteiger partial charge in [0.25, 0.3) is 0 Å². The maximum Gasteiger partial charge on any atom is 0.335 e. The lowest BCUT2D eigenvalue weighted by atomic mass is 10.00. The summed E-state index contributed by atoms with van der Waals surface area (Å²) >= 11 is 11.6. The van der Waals surface area contributed by atoms with Gasteiger partial charge in [0.2, 0.25) is 0 Å². The van der Waals surface area contributed by atoms with Gasteiger partial charge in [-0.1, -0.05) is 17.7 Å². The number of esters is 1. The van der Waals surface area contributed by atoms with Gasteiger partial charge < -0.3 is 10.3 Å². The number of alkyl halides is 1. The lowest BCUT2D eigenvalue weighted by molar-refractivity contribution is -0.138. The Bertz CT molecular complexity index is 484. The fourth-order valence-electron chi connectivity index (χ4n) is 1.32. The molecule has 0 radical (unpaired) electrons. The summed E-state index contributed by atoms with van der Waals surface area (Å²) in [6, 6.07) is 0. The quantitative estimate of drug-likeness (QED) is 0.281. The van der Waals surface area contributed by atoms with Crippen LogP contribution in [0.4, 0.5) is 0 Å². The molecule has 1 unspecified atom stereocenters. The molecule has 1 aliphatic heterocycles. The molecule has 0 bridgehead atoms. The highest BCUT2D eigenvalue weighted by Crippen LogP contribution is 2.33. The van der Waals surface area contributed by atoms with Crippen molar-refractivity contribution in [3.8, 4) is 0 Å². The van der Waals surface area contributed by atoms with Crippen LogP contribution in [0.2, 0.25) is 0 Å². The van der Waals surface area contributed by atoms with Gasteiger partial charge in [-0.15, -0.1) is 11.6 Å². The summed E-state index contributed by atoms with van der Waals surface area (Å²) < 4.78 is 4.91. The van der Waals surface area contributed by atoms with Gasteiger partial charge >= 0.3 is 11.7 Å². The summed E-state index contributed by atoms with van der Waals surface area (Å²) in [5.74, 6) is -0.388. The number of halogens is 2. The van der Waals surface area contributed by atoms with Gasteiger partial charge in [-0.3, -0.25) is 0 Å². The molecule has 0 aromatic rings. The molecule has 4 nitrogen and oxygen atoms in total. The van der Waals surface area contributed by atoms with Crippen molar-refractivity contribution in [2.75, 3.05) is 0 Å². The minimum Gasteiger partial charge on any atom is -0.424 e. The fraction of sp³-hybridized carbons (Fsp3) is 0.111. The number of carbonyl (C=O) groups excluding carboxylic acids is 1. The minimum absolute atomic E-state index is 0.108. The second-order valence-corrected chi connectivity index (χ2v) is 3.73. The van der Waals surface area contributed by atoms with E-state index in [0.29, 0.717) is 5.57 Å². The van der Waals surface area contributed by atoms with Crippen molar-refractivity contribution >= 4 is 34.9 Å². The molecule has 0 amide bonds. The predicted octanol–water partition coefficient (Wildman–Crippen LogP) is 1.77. The van der Waals surface area contributed by atoms with Crippen molar-refractivity contribution in [2.24, 2.45) is 0 Å². The van der Waals surface area contributed by atoms with Gasteiger partial charge in [0, 0.05) is 6.08 Å². The SMILES string of the molecule is [N-]=[N+]=C1C=CC=C2OC(=O)C(Cl)C(Cl)=C21. The van der Waals surface area contributed by atoms with E-state index in [-0.39, 0.29) is 16.5 Å². The Morgan fingerprint density at radius 3 is 2.93 bits per heavy atom. The van der Waals surface area contributed by atoms with Crippen LogP contribution in [-0.2, 0) is 9.53 Å². The zero-order valence-corrected chi connectivity index (χ0v) is 8.79. The number of hydrogen-bond donors (Lipinski definition) is 0. The summed E-state index contributed by atoms with van der Waals surface area (Å²) in [6.07, 6.45) is 4.66. The van der Waals surface area contributed by atoms with E-state index in [1.807, 2.05) is 0 Å². The second kappa shape index (κ2) is 3.66. The fourth-order valence-corrected chi connectivity index (χ4v) is 1.75. The monoisotopic (exact) mass is 242 g/mol. The first-order chi connectivity index (χ1) is 7.15. The molecule has 6 heteroatoms. The van der Waals surface area contributed by atoms with Crippen molar-refractivity contribution in [3.63, 3.8) is 0 Å². The normalized spacial score (nSPS) is 24.4. The van der Waals surface area contributed by atoms with E-state index in [2.05, 4.69) is 4.79 Å². The Hall–Kier alpha value is -1.35. The van der Waals surface area contributed by atoms with E-state index in [4.69, 9.17) is 33.5 Å². The van der Waals surface area contributed by atoms with Gasteiger partial charge in [-0.2, -0.15) is 4.79 Å². The Labute approximate surface area is 95.0 Å². The number of fused-ring (bicyclic) bond motifs is 1. The molecule has 0 N–H and O–H groups in total. The predicted molar refractivity (Wildman–Crippen MR) is 54.5 cm³/mol. The van der Waals surface area contributed by atoms with Crippen LogP contribution in [0.25, 0.3) is 5.53 Å². The second-order valence-electron chi connectivity index (χ2n) is 2.88. The molecule has 1 atom stereocenters. The topological polar surface area (TPSA) is 62.7 Å². The van der Waals surface area contributed by atoms with Gasteiger partial charge in [0.15, 0.2) is 5.38 Å². The van der Waals surface area contributed by atoms with Gasteiger partial charge in [-0.25, -0.2) is 4.79 Å². The molecular formula is C9H4Cl2N2O2. The third-order valence-electron chi connectivity index (χ3n) is 1.99. The van der Waals surface area contributed by atoms with Crippen molar-refractivity contribution in [1.82, 2.24) is 0 Å². The number of rotatable bonds is 0. The summed E-state index contributed by atoms with van der Waals surface area (Å²) in [5, 5.41) is -0.946. The largest absolute Gasteiger partial charge is 0.424 e. The molecule has 0 aromatic carbocycles. The standard InChI is InChI=1S/C9H4Cl2N2O2/c10-7-6-4(13-12)2-1-3-5(6)15-9(14)8(7)11/h1-3,8H. The average Bonchev–Trinajstić information content (AvgIpc) is 2.25. The van der Waals surface area contributed by atoms with Crippen LogP contribution in [-0.4, -0.2) is 21.8 Å². The zero-order valence-electron chi connectivity index (χ0n) is 7.28. The van der Waals surface area contributed by atoms with E-state index in [9.17, 15) is 4.79 Å². The smallest absolute Gasteiger partial charge is 0.335 e. The van der Waals surface area contributed by atoms with Crippen LogP contribution >= 0.6 is 23.2 Å². The van der Waals surface area contributed by atoms with E-state index < -0.39 is 11.3 Å². The van der Waals surface area contributed by atoms with E-state index >= 15 is 0 Å². The van der Waals surface area contributed by atoms with Gasteiger partial charge in [-0.05, 0) is 6.08 Å². The Morgan fingerprint density at radius 1 is 1.53 bits per heavy atom. The Morgan fingerprint density at radius 2 is 2.27 bits per heavy atom. The van der Waals surface area contributed by atoms with Crippen molar-refractivity contribution < 1.29 is 14.3 Å². The third kappa shape index (κ3) is 1.53.